The first-order valence-electron chi connectivity index (χ1n) is 12.2. The van der Waals surface area contributed by atoms with E-state index in [0.29, 0.717) is 12.8 Å². The van der Waals surface area contributed by atoms with Gasteiger partial charge in [-0.3, -0.25) is 4.90 Å². The predicted octanol–water partition coefficient (Wildman–Crippen LogP) is 5.65. The number of amides is 1. The zero-order chi connectivity index (χ0) is 22.9. The van der Waals surface area contributed by atoms with Crippen LogP contribution in [-0.2, 0) is 4.74 Å². The molecule has 2 fully saturated rings. The van der Waals surface area contributed by atoms with Gasteiger partial charge in [-0.1, -0.05) is 91.9 Å². The summed E-state index contributed by atoms with van der Waals surface area (Å²) in [4.78, 5) is 14.9. The van der Waals surface area contributed by atoms with Crippen molar-refractivity contribution in [3.8, 4) is 12.3 Å². The van der Waals surface area contributed by atoms with Gasteiger partial charge >= 0.3 is 6.09 Å². The molecule has 0 unspecified atom stereocenters. The predicted molar refractivity (Wildman–Crippen MR) is 134 cm³/mol. The monoisotopic (exact) mass is 442 g/mol. The van der Waals surface area contributed by atoms with Gasteiger partial charge in [-0.2, -0.15) is 0 Å². The van der Waals surface area contributed by atoms with Crippen LogP contribution in [0.2, 0.25) is 0 Å². The fourth-order valence-corrected chi connectivity index (χ4v) is 4.85. The Kier molecular flexibility index (Phi) is 7.86. The van der Waals surface area contributed by atoms with Crippen LogP contribution in [0.25, 0.3) is 5.57 Å². The van der Waals surface area contributed by atoms with Gasteiger partial charge in [0.15, 0.2) is 5.60 Å². The molecule has 2 aromatic rings. The van der Waals surface area contributed by atoms with E-state index in [1.165, 1.54) is 36.0 Å². The number of piperidine rings is 1. The maximum absolute atomic E-state index is 12.5. The number of terminal acetylenes is 1. The number of rotatable bonds is 6. The van der Waals surface area contributed by atoms with Crippen molar-refractivity contribution in [2.75, 3.05) is 19.6 Å². The van der Waals surface area contributed by atoms with Gasteiger partial charge in [-0.05, 0) is 29.5 Å². The SMILES string of the molecule is C#CC1(OC(=O)NC2CCCCC2)CCN(CC=C(c2ccccc2)c2ccccc2)CC1. The van der Waals surface area contributed by atoms with Crippen LogP contribution in [0.4, 0.5) is 4.79 Å². The van der Waals surface area contributed by atoms with Crippen LogP contribution >= 0.6 is 0 Å². The third kappa shape index (κ3) is 6.27. The summed E-state index contributed by atoms with van der Waals surface area (Å²) in [6.45, 7) is 2.43. The Hall–Kier alpha value is -3.03. The molecule has 2 aliphatic rings. The number of ether oxygens (including phenoxy) is 1. The van der Waals surface area contributed by atoms with E-state index in [1.807, 2.05) is 12.1 Å². The second kappa shape index (κ2) is 11.2. The minimum absolute atomic E-state index is 0.223. The summed E-state index contributed by atoms with van der Waals surface area (Å²) in [7, 11) is 0. The summed E-state index contributed by atoms with van der Waals surface area (Å²) in [5, 5.41) is 3.03. The molecule has 0 radical (unpaired) electrons. The summed E-state index contributed by atoms with van der Waals surface area (Å²) >= 11 is 0. The standard InChI is InChI=1S/C29H34N2O2/c1-2-29(33-28(32)30-26-16-10-5-11-17-26)19-22-31(23-20-29)21-18-27(24-12-6-3-7-13-24)25-14-8-4-9-15-25/h1,3-4,6-9,12-15,18,26H,5,10-11,16-17,19-23H2,(H,30,32). The number of carbonyl (C=O) groups excluding carboxylic acids is 1. The number of nitrogens with zero attached hydrogens (tertiary/aromatic N) is 1. The molecule has 33 heavy (non-hydrogen) atoms. The number of hydrogen-bond donors (Lipinski definition) is 1. The molecule has 4 rings (SSSR count). The molecule has 1 aliphatic heterocycles. The van der Waals surface area contributed by atoms with Crippen molar-refractivity contribution in [1.82, 2.24) is 10.2 Å². The maximum atomic E-state index is 12.5. The van der Waals surface area contributed by atoms with E-state index in [4.69, 9.17) is 11.2 Å². The van der Waals surface area contributed by atoms with E-state index >= 15 is 0 Å². The molecule has 1 heterocycles. The molecule has 1 N–H and O–H groups in total. The lowest BCUT2D eigenvalue weighted by Gasteiger charge is -2.38. The Labute approximate surface area is 198 Å². The summed E-state index contributed by atoms with van der Waals surface area (Å²) in [5.41, 5.74) is 2.84. The van der Waals surface area contributed by atoms with Crippen LogP contribution < -0.4 is 5.32 Å². The number of benzene rings is 2. The molecule has 0 aromatic heterocycles. The maximum Gasteiger partial charge on any atom is 0.408 e. The quantitative estimate of drug-likeness (QED) is 0.588. The average molecular weight is 443 g/mol. The van der Waals surface area contributed by atoms with Crippen LogP contribution in [0.1, 0.15) is 56.1 Å². The van der Waals surface area contributed by atoms with E-state index in [1.54, 1.807) is 0 Å². The lowest BCUT2D eigenvalue weighted by atomic mass is 9.91. The highest BCUT2D eigenvalue weighted by Crippen LogP contribution is 2.28. The smallest absolute Gasteiger partial charge is 0.408 e. The average Bonchev–Trinajstić information content (AvgIpc) is 2.87. The normalized spacial score (nSPS) is 18.6. The van der Waals surface area contributed by atoms with Crippen molar-refractivity contribution in [2.45, 2.75) is 56.6 Å². The second-order valence-electron chi connectivity index (χ2n) is 9.16. The molecule has 4 heteroatoms. The van der Waals surface area contributed by atoms with Crippen molar-refractivity contribution < 1.29 is 9.53 Å². The van der Waals surface area contributed by atoms with Gasteiger partial charge in [0.2, 0.25) is 0 Å². The van der Waals surface area contributed by atoms with Gasteiger partial charge in [-0.15, -0.1) is 6.42 Å². The zero-order valence-electron chi connectivity index (χ0n) is 19.3. The van der Waals surface area contributed by atoms with Crippen LogP contribution in [-0.4, -0.2) is 42.3 Å². The van der Waals surface area contributed by atoms with E-state index < -0.39 is 5.60 Å². The molecule has 0 atom stereocenters. The van der Waals surface area contributed by atoms with E-state index in [-0.39, 0.29) is 12.1 Å². The third-order valence-electron chi connectivity index (χ3n) is 6.87. The highest BCUT2D eigenvalue weighted by molar-refractivity contribution is 5.79. The minimum atomic E-state index is -0.805. The molecule has 1 amide bonds. The Bertz CT molecular complexity index is 922. The number of alkyl carbamates (subject to hydrolysis) is 1. The van der Waals surface area contributed by atoms with Gasteiger partial charge in [-0.25, -0.2) is 4.79 Å². The molecular formula is C29H34N2O2. The first-order valence-corrected chi connectivity index (χ1v) is 12.2. The molecule has 1 aliphatic carbocycles. The van der Waals surface area contributed by atoms with Crippen LogP contribution in [0.15, 0.2) is 66.7 Å². The largest absolute Gasteiger partial charge is 0.430 e. The Morgan fingerprint density at radius 3 is 2.12 bits per heavy atom. The van der Waals surface area contributed by atoms with Gasteiger partial charge in [0.1, 0.15) is 0 Å². The Morgan fingerprint density at radius 1 is 1.00 bits per heavy atom. The lowest BCUT2D eigenvalue weighted by Crippen LogP contribution is -2.49. The van der Waals surface area contributed by atoms with Crippen molar-refractivity contribution in [3.05, 3.63) is 77.9 Å². The lowest BCUT2D eigenvalue weighted by molar-refractivity contribution is 0.00580. The molecule has 1 saturated heterocycles. The fraction of sp³-hybridized carbons (Fsp3) is 0.414. The number of hydrogen-bond acceptors (Lipinski definition) is 3. The third-order valence-corrected chi connectivity index (χ3v) is 6.87. The molecule has 0 spiro atoms. The summed E-state index contributed by atoms with van der Waals surface area (Å²) in [6.07, 6.45) is 14.8. The van der Waals surface area contributed by atoms with Gasteiger partial charge in [0.25, 0.3) is 0 Å². The highest BCUT2D eigenvalue weighted by Gasteiger charge is 2.36. The number of nitrogens with one attached hydrogen (secondary N) is 1. The second-order valence-corrected chi connectivity index (χ2v) is 9.16. The summed E-state index contributed by atoms with van der Waals surface area (Å²) in [6, 6.07) is 21.2. The first kappa shape index (κ1) is 23.1. The first-order chi connectivity index (χ1) is 16.2. The zero-order valence-corrected chi connectivity index (χ0v) is 19.3. The van der Waals surface area contributed by atoms with Gasteiger partial charge < -0.3 is 10.1 Å². The molecule has 1 saturated carbocycles. The minimum Gasteiger partial charge on any atom is -0.430 e. The van der Waals surface area contributed by atoms with Crippen LogP contribution in [0.3, 0.4) is 0 Å². The molecule has 2 aromatic carbocycles. The van der Waals surface area contributed by atoms with E-state index in [0.717, 1.165) is 32.5 Å². The topological polar surface area (TPSA) is 41.6 Å². The van der Waals surface area contributed by atoms with Crippen molar-refractivity contribution in [3.63, 3.8) is 0 Å². The fourth-order valence-electron chi connectivity index (χ4n) is 4.85. The number of carbonyl (C=O) groups is 1. The Balaban J connectivity index is 1.36. The van der Waals surface area contributed by atoms with E-state index in [9.17, 15) is 4.79 Å². The molecule has 172 valence electrons. The molecule has 4 nitrogen and oxygen atoms in total. The van der Waals surface area contributed by atoms with Crippen molar-refractivity contribution in [1.29, 1.82) is 0 Å². The molecule has 0 bridgehead atoms. The van der Waals surface area contributed by atoms with Crippen LogP contribution in [0.5, 0.6) is 0 Å². The summed E-state index contributed by atoms with van der Waals surface area (Å²) in [5.74, 6) is 2.80. The van der Waals surface area contributed by atoms with Crippen LogP contribution in [0, 0.1) is 12.3 Å². The van der Waals surface area contributed by atoms with Crippen molar-refractivity contribution in [2.24, 2.45) is 0 Å². The highest BCUT2D eigenvalue weighted by atomic mass is 16.6. The van der Waals surface area contributed by atoms with Crippen molar-refractivity contribution >= 4 is 11.7 Å². The summed E-state index contributed by atoms with van der Waals surface area (Å²) < 4.78 is 5.82. The molecular weight excluding hydrogens is 408 g/mol. The van der Waals surface area contributed by atoms with Gasteiger partial charge in [0, 0.05) is 38.5 Å². The number of likely N-dealkylation sites (tertiary alicyclic amines) is 1. The van der Waals surface area contributed by atoms with Gasteiger partial charge in [0.05, 0.1) is 0 Å². The van der Waals surface area contributed by atoms with E-state index in [2.05, 4.69) is 70.7 Å². The Morgan fingerprint density at radius 2 is 1.58 bits per heavy atom.